The second-order valence-electron chi connectivity index (χ2n) is 8.08. The molecule has 176 valence electrons. The van der Waals surface area contributed by atoms with E-state index in [0.29, 0.717) is 24.2 Å². The zero-order valence-electron chi connectivity index (χ0n) is 18.6. The Kier molecular flexibility index (Phi) is 10.9. The molecule has 0 aliphatic carbocycles. The number of amides is 2. The third-order valence-corrected chi connectivity index (χ3v) is 5.94. The molecule has 2 aromatic rings. The van der Waals surface area contributed by atoms with E-state index >= 15 is 0 Å². The third-order valence-electron chi connectivity index (χ3n) is 5.94. The number of pyridine rings is 1. The fourth-order valence-corrected chi connectivity index (χ4v) is 3.88. The van der Waals surface area contributed by atoms with Gasteiger partial charge in [0.05, 0.1) is 6.04 Å². The van der Waals surface area contributed by atoms with E-state index in [4.69, 9.17) is 5.73 Å². The number of rotatable bonds is 7. The van der Waals surface area contributed by atoms with Crippen molar-refractivity contribution < 1.29 is 9.59 Å². The molecule has 32 heavy (non-hydrogen) atoms. The van der Waals surface area contributed by atoms with Gasteiger partial charge < -0.3 is 21.7 Å². The normalized spacial score (nSPS) is 19.1. The summed E-state index contributed by atoms with van der Waals surface area (Å²) in [5.41, 5.74) is 8.61. The topological polar surface area (TPSA) is 109 Å². The number of nitrogens with zero attached hydrogens (tertiary/aromatic N) is 1. The number of aromatic nitrogens is 1. The van der Waals surface area contributed by atoms with Gasteiger partial charge >= 0.3 is 0 Å². The van der Waals surface area contributed by atoms with Crippen LogP contribution in [0.25, 0.3) is 0 Å². The van der Waals surface area contributed by atoms with Gasteiger partial charge in [-0.1, -0.05) is 43.3 Å². The van der Waals surface area contributed by atoms with Crippen molar-refractivity contribution in [2.45, 2.75) is 51.7 Å². The summed E-state index contributed by atoms with van der Waals surface area (Å²) in [6.45, 7) is 6.88. The molecule has 4 atom stereocenters. The standard InChI is InChI=1S/C23H31N5O2.2ClH/c1-14(17-7-5-4-6-8-17)19-11-20(25-13-19)23(30)28-16(3)22(29)26-12-18-9-10-21(24)27-15(18)2;;/h4-10,14,16,19-20,25H,11-13H2,1-3H3,(H2,24,27)(H,26,29)(H,28,30);2*1H/t14-,16-,19+,20+;;/m0../s1. The van der Waals surface area contributed by atoms with E-state index in [2.05, 4.69) is 40.0 Å². The maximum atomic E-state index is 12.7. The van der Waals surface area contributed by atoms with E-state index in [0.717, 1.165) is 24.2 Å². The van der Waals surface area contributed by atoms with Crippen molar-refractivity contribution in [3.05, 3.63) is 59.3 Å². The average Bonchev–Trinajstić information content (AvgIpc) is 3.23. The predicted octanol–water partition coefficient (Wildman–Crippen LogP) is 2.72. The predicted molar refractivity (Wildman–Crippen MR) is 132 cm³/mol. The smallest absolute Gasteiger partial charge is 0.242 e. The lowest BCUT2D eigenvalue weighted by Crippen LogP contribution is -2.50. The number of hydrogen-bond donors (Lipinski definition) is 4. The first-order valence-corrected chi connectivity index (χ1v) is 10.4. The van der Waals surface area contributed by atoms with Crippen molar-refractivity contribution in [2.75, 3.05) is 12.3 Å². The highest BCUT2D eigenvalue weighted by molar-refractivity contribution is 5.89. The minimum Gasteiger partial charge on any atom is -0.384 e. The number of nitrogen functional groups attached to an aromatic ring is 1. The summed E-state index contributed by atoms with van der Waals surface area (Å²) in [4.78, 5) is 29.3. The van der Waals surface area contributed by atoms with Crippen LogP contribution in [0.2, 0.25) is 0 Å². The van der Waals surface area contributed by atoms with Gasteiger partial charge in [0.2, 0.25) is 11.8 Å². The number of halogens is 2. The molecule has 1 aromatic carbocycles. The van der Waals surface area contributed by atoms with Crippen LogP contribution in [-0.4, -0.2) is 35.4 Å². The highest BCUT2D eigenvalue weighted by Crippen LogP contribution is 2.30. The summed E-state index contributed by atoms with van der Waals surface area (Å²) in [6.07, 6.45) is 0.756. The van der Waals surface area contributed by atoms with Gasteiger partial charge in [-0.3, -0.25) is 9.59 Å². The minimum atomic E-state index is -0.619. The van der Waals surface area contributed by atoms with Gasteiger partial charge in [-0.15, -0.1) is 24.8 Å². The second kappa shape index (κ2) is 12.6. The maximum Gasteiger partial charge on any atom is 0.242 e. The number of nitrogens with two attached hydrogens (primary N) is 1. The van der Waals surface area contributed by atoms with Crippen molar-refractivity contribution in [1.29, 1.82) is 0 Å². The van der Waals surface area contributed by atoms with Gasteiger partial charge in [-0.05, 0) is 55.8 Å². The van der Waals surface area contributed by atoms with Crippen LogP contribution < -0.4 is 21.7 Å². The fourth-order valence-electron chi connectivity index (χ4n) is 3.88. The van der Waals surface area contributed by atoms with Crippen LogP contribution in [0, 0.1) is 12.8 Å². The monoisotopic (exact) mass is 481 g/mol. The lowest BCUT2D eigenvalue weighted by atomic mass is 9.86. The lowest BCUT2D eigenvalue weighted by Gasteiger charge is -2.20. The first kappa shape index (κ1) is 27.7. The molecular formula is C23H33Cl2N5O2. The molecule has 1 fully saturated rings. The molecule has 5 N–H and O–H groups in total. The molecule has 2 heterocycles. The molecule has 1 aromatic heterocycles. The first-order chi connectivity index (χ1) is 14.3. The van der Waals surface area contributed by atoms with Gasteiger partial charge in [0.15, 0.2) is 0 Å². The Labute approximate surface area is 202 Å². The second-order valence-corrected chi connectivity index (χ2v) is 8.08. The Morgan fingerprint density at radius 2 is 1.84 bits per heavy atom. The summed E-state index contributed by atoms with van der Waals surface area (Å²) in [6, 6.07) is 13.0. The van der Waals surface area contributed by atoms with Crippen molar-refractivity contribution in [2.24, 2.45) is 5.92 Å². The highest BCUT2D eigenvalue weighted by Gasteiger charge is 2.33. The highest BCUT2D eigenvalue weighted by atomic mass is 35.5. The first-order valence-electron chi connectivity index (χ1n) is 10.4. The van der Waals surface area contributed by atoms with Crippen LogP contribution in [0.15, 0.2) is 42.5 Å². The Morgan fingerprint density at radius 1 is 1.16 bits per heavy atom. The summed E-state index contributed by atoms with van der Waals surface area (Å²) in [7, 11) is 0. The third kappa shape index (κ3) is 7.08. The molecule has 0 spiro atoms. The minimum absolute atomic E-state index is 0. The SMILES string of the molecule is Cc1nc(N)ccc1CNC(=O)[C@H](C)NC(=O)[C@H]1C[C@@H]([C@@H](C)c2ccccc2)CN1.Cl.Cl. The average molecular weight is 482 g/mol. The molecule has 1 aliphatic heterocycles. The van der Waals surface area contributed by atoms with Crippen LogP contribution in [0.1, 0.15) is 43.0 Å². The molecule has 1 saturated heterocycles. The number of nitrogens with one attached hydrogen (secondary N) is 3. The Balaban J connectivity index is 0.00000256. The summed E-state index contributed by atoms with van der Waals surface area (Å²) in [5, 5.41) is 8.99. The molecule has 2 amide bonds. The number of carbonyl (C=O) groups excluding carboxylic acids is 2. The van der Waals surface area contributed by atoms with Crippen LogP contribution >= 0.6 is 24.8 Å². The van der Waals surface area contributed by atoms with Crippen LogP contribution in [0.4, 0.5) is 5.82 Å². The zero-order chi connectivity index (χ0) is 21.7. The van der Waals surface area contributed by atoms with E-state index < -0.39 is 6.04 Å². The molecule has 9 heteroatoms. The fraction of sp³-hybridized carbons (Fsp3) is 0.435. The van der Waals surface area contributed by atoms with Crippen molar-refractivity contribution in [1.82, 2.24) is 20.9 Å². The number of hydrogen-bond acceptors (Lipinski definition) is 5. The van der Waals surface area contributed by atoms with Crippen LogP contribution in [-0.2, 0) is 16.1 Å². The molecule has 1 aliphatic rings. The van der Waals surface area contributed by atoms with E-state index in [1.807, 2.05) is 31.2 Å². The molecule has 7 nitrogen and oxygen atoms in total. The van der Waals surface area contributed by atoms with E-state index in [-0.39, 0.29) is 42.7 Å². The zero-order valence-corrected chi connectivity index (χ0v) is 20.3. The van der Waals surface area contributed by atoms with Gasteiger partial charge in [0.25, 0.3) is 0 Å². The summed E-state index contributed by atoms with van der Waals surface area (Å²) in [5.74, 6) is 0.840. The van der Waals surface area contributed by atoms with Crippen molar-refractivity contribution in [3.8, 4) is 0 Å². The van der Waals surface area contributed by atoms with Crippen molar-refractivity contribution >= 4 is 42.4 Å². The summed E-state index contributed by atoms with van der Waals surface area (Å²) < 4.78 is 0. The molecule has 0 saturated carbocycles. The van der Waals surface area contributed by atoms with E-state index in [1.54, 1.807) is 13.0 Å². The van der Waals surface area contributed by atoms with Crippen LogP contribution in [0.5, 0.6) is 0 Å². The number of anilines is 1. The lowest BCUT2D eigenvalue weighted by molar-refractivity contribution is -0.129. The Morgan fingerprint density at radius 3 is 2.50 bits per heavy atom. The Bertz CT molecular complexity index is 897. The van der Waals surface area contributed by atoms with Crippen LogP contribution in [0.3, 0.4) is 0 Å². The molecule has 3 rings (SSSR count). The van der Waals surface area contributed by atoms with E-state index in [9.17, 15) is 9.59 Å². The summed E-state index contributed by atoms with van der Waals surface area (Å²) >= 11 is 0. The van der Waals surface area contributed by atoms with Gasteiger partial charge in [0.1, 0.15) is 11.9 Å². The molecule has 0 radical (unpaired) electrons. The number of benzene rings is 1. The van der Waals surface area contributed by atoms with E-state index in [1.165, 1.54) is 5.56 Å². The quantitative estimate of drug-likeness (QED) is 0.485. The van der Waals surface area contributed by atoms with Gasteiger partial charge in [-0.25, -0.2) is 4.98 Å². The largest absolute Gasteiger partial charge is 0.384 e. The molecular weight excluding hydrogens is 449 g/mol. The van der Waals surface area contributed by atoms with Gasteiger partial charge in [0, 0.05) is 12.2 Å². The Hall–Kier alpha value is -2.35. The van der Waals surface area contributed by atoms with Gasteiger partial charge in [-0.2, -0.15) is 0 Å². The maximum absolute atomic E-state index is 12.7. The molecule has 0 unspecified atom stereocenters. The number of carbonyl (C=O) groups is 2. The number of aryl methyl sites for hydroxylation is 1. The van der Waals surface area contributed by atoms with Crippen molar-refractivity contribution in [3.63, 3.8) is 0 Å². The molecule has 0 bridgehead atoms.